The lowest BCUT2D eigenvalue weighted by Crippen LogP contribution is -2.35. The lowest BCUT2D eigenvalue weighted by molar-refractivity contribution is -0.136. The molecule has 0 spiro atoms. The number of nitrogens with zero attached hydrogens (tertiary/aromatic N) is 1. The maximum Gasteiger partial charge on any atom is 0.319 e. The summed E-state index contributed by atoms with van der Waals surface area (Å²) in [6.45, 7) is 1.92. The number of anilines is 2. The number of nitrogens with one attached hydrogen (secondary N) is 2. The van der Waals surface area contributed by atoms with E-state index in [9.17, 15) is 9.59 Å². The number of aliphatic carboxylic acids is 1. The van der Waals surface area contributed by atoms with Crippen LogP contribution in [0.15, 0.2) is 18.2 Å². The average Bonchev–Trinajstić information content (AvgIpc) is 2.48. The molecule has 0 saturated carbocycles. The minimum absolute atomic E-state index is 0.0808. The normalized spacial score (nSPS) is 14.5. The van der Waals surface area contributed by atoms with Gasteiger partial charge >= 0.3 is 12.0 Å². The molecule has 2 rings (SSSR count). The molecule has 6 nitrogen and oxygen atoms in total. The highest BCUT2D eigenvalue weighted by Gasteiger charge is 2.16. The number of amides is 2. The largest absolute Gasteiger partial charge is 0.481 e. The molecule has 0 bridgehead atoms. The first-order valence-electron chi connectivity index (χ1n) is 6.95. The second kappa shape index (κ2) is 8.14. The van der Waals surface area contributed by atoms with Gasteiger partial charge in [-0.3, -0.25) is 4.79 Å². The molecule has 22 heavy (non-hydrogen) atoms. The van der Waals surface area contributed by atoms with Crippen molar-refractivity contribution in [1.82, 2.24) is 5.32 Å². The SMILES string of the molecule is O=C(O)CCNC(=O)Nc1cc(Cl)ccc1N1CCSCC1. The van der Waals surface area contributed by atoms with E-state index in [1.165, 1.54) is 0 Å². The highest BCUT2D eigenvalue weighted by atomic mass is 35.5. The van der Waals surface area contributed by atoms with E-state index in [-0.39, 0.29) is 13.0 Å². The van der Waals surface area contributed by atoms with Crippen LogP contribution in [0.4, 0.5) is 16.2 Å². The monoisotopic (exact) mass is 343 g/mol. The summed E-state index contributed by atoms with van der Waals surface area (Å²) < 4.78 is 0. The fourth-order valence-corrected chi connectivity index (χ4v) is 3.21. The van der Waals surface area contributed by atoms with E-state index >= 15 is 0 Å². The number of urea groups is 1. The highest BCUT2D eigenvalue weighted by molar-refractivity contribution is 7.99. The fourth-order valence-electron chi connectivity index (χ4n) is 2.14. The molecule has 0 aliphatic carbocycles. The quantitative estimate of drug-likeness (QED) is 0.765. The molecular formula is C14H18ClN3O3S. The average molecular weight is 344 g/mol. The molecule has 1 aliphatic rings. The number of hydrogen-bond donors (Lipinski definition) is 3. The Morgan fingerprint density at radius 2 is 2.05 bits per heavy atom. The summed E-state index contributed by atoms with van der Waals surface area (Å²) in [5.41, 5.74) is 1.56. The number of hydrogen-bond acceptors (Lipinski definition) is 4. The van der Waals surface area contributed by atoms with Crippen LogP contribution >= 0.6 is 23.4 Å². The van der Waals surface area contributed by atoms with Gasteiger partial charge < -0.3 is 20.6 Å². The standard InChI is InChI=1S/C14H18ClN3O3S/c15-10-1-2-12(18-5-7-22-8-6-18)11(9-10)17-14(21)16-4-3-13(19)20/h1-2,9H,3-8H2,(H,19,20)(H2,16,17,21). The minimum Gasteiger partial charge on any atom is -0.481 e. The number of carbonyl (C=O) groups is 2. The van der Waals surface area contributed by atoms with Gasteiger partial charge in [0.1, 0.15) is 0 Å². The number of benzene rings is 1. The van der Waals surface area contributed by atoms with Crippen LogP contribution in [0.1, 0.15) is 6.42 Å². The summed E-state index contributed by atoms with van der Waals surface area (Å²) in [4.78, 5) is 24.5. The van der Waals surface area contributed by atoms with Crippen molar-refractivity contribution in [1.29, 1.82) is 0 Å². The molecular weight excluding hydrogens is 326 g/mol. The topological polar surface area (TPSA) is 81.7 Å². The molecule has 1 heterocycles. The molecule has 0 atom stereocenters. The third kappa shape index (κ3) is 4.99. The number of carboxylic acids is 1. The first kappa shape index (κ1) is 16.8. The Balaban J connectivity index is 2.03. The van der Waals surface area contributed by atoms with Crippen molar-refractivity contribution in [3.05, 3.63) is 23.2 Å². The second-order valence-corrected chi connectivity index (χ2v) is 6.45. The van der Waals surface area contributed by atoms with E-state index in [4.69, 9.17) is 16.7 Å². The molecule has 0 aromatic heterocycles. The summed E-state index contributed by atoms with van der Waals surface area (Å²) in [5.74, 6) is 1.15. The van der Waals surface area contributed by atoms with Crippen molar-refractivity contribution < 1.29 is 14.7 Å². The maximum atomic E-state index is 11.9. The van der Waals surface area contributed by atoms with Gasteiger partial charge in [-0.25, -0.2) is 4.79 Å². The molecule has 0 unspecified atom stereocenters. The fraction of sp³-hybridized carbons (Fsp3) is 0.429. The lowest BCUT2D eigenvalue weighted by atomic mass is 10.2. The van der Waals surface area contributed by atoms with E-state index in [2.05, 4.69) is 15.5 Å². The first-order valence-corrected chi connectivity index (χ1v) is 8.48. The van der Waals surface area contributed by atoms with Crippen molar-refractivity contribution in [3.8, 4) is 0 Å². The molecule has 1 aromatic carbocycles. The van der Waals surface area contributed by atoms with Crippen LogP contribution in [0.3, 0.4) is 0 Å². The zero-order chi connectivity index (χ0) is 15.9. The van der Waals surface area contributed by atoms with Gasteiger partial charge in [-0.15, -0.1) is 0 Å². The summed E-state index contributed by atoms with van der Waals surface area (Å²) in [5, 5.41) is 14.4. The van der Waals surface area contributed by atoms with E-state index in [1.807, 2.05) is 17.8 Å². The lowest BCUT2D eigenvalue weighted by Gasteiger charge is -2.30. The Morgan fingerprint density at radius 1 is 1.32 bits per heavy atom. The summed E-state index contributed by atoms with van der Waals surface area (Å²) in [6.07, 6.45) is -0.112. The van der Waals surface area contributed by atoms with Crippen LogP contribution in [-0.2, 0) is 4.79 Å². The number of thioether (sulfide) groups is 1. The van der Waals surface area contributed by atoms with Gasteiger partial charge in [-0.1, -0.05) is 11.6 Å². The van der Waals surface area contributed by atoms with Crippen molar-refractivity contribution in [2.75, 3.05) is 41.4 Å². The van der Waals surface area contributed by atoms with Gasteiger partial charge in [0.2, 0.25) is 0 Å². The summed E-state index contributed by atoms with van der Waals surface area (Å²) in [7, 11) is 0. The molecule has 1 aromatic rings. The molecule has 8 heteroatoms. The van der Waals surface area contributed by atoms with E-state index in [0.29, 0.717) is 10.7 Å². The number of halogens is 1. The molecule has 1 fully saturated rings. The summed E-state index contributed by atoms with van der Waals surface area (Å²) in [6, 6.07) is 4.96. The van der Waals surface area contributed by atoms with Crippen LogP contribution < -0.4 is 15.5 Å². The first-order chi connectivity index (χ1) is 10.6. The van der Waals surface area contributed by atoms with Gasteiger partial charge in [-0.2, -0.15) is 11.8 Å². The van der Waals surface area contributed by atoms with Crippen LogP contribution in [0, 0.1) is 0 Å². The van der Waals surface area contributed by atoms with Crippen molar-refractivity contribution in [2.45, 2.75) is 6.42 Å². The van der Waals surface area contributed by atoms with E-state index in [0.717, 1.165) is 30.3 Å². The molecule has 0 radical (unpaired) electrons. The Labute approximate surface area is 138 Å². The Hall–Kier alpha value is -1.60. The summed E-state index contributed by atoms with van der Waals surface area (Å²) >= 11 is 7.92. The highest BCUT2D eigenvalue weighted by Crippen LogP contribution is 2.30. The Kier molecular flexibility index (Phi) is 6.21. The minimum atomic E-state index is -0.949. The van der Waals surface area contributed by atoms with Gasteiger partial charge in [0, 0.05) is 36.2 Å². The maximum absolute atomic E-state index is 11.9. The zero-order valence-corrected chi connectivity index (χ0v) is 13.5. The Bertz CT molecular complexity index is 550. The van der Waals surface area contributed by atoms with Crippen LogP contribution in [0.25, 0.3) is 0 Å². The molecule has 120 valence electrons. The smallest absolute Gasteiger partial charge is 0.319 e. The third-order valence-electron chi connectivity index (χ3n) is 3.18. The molecule has 1 saturated heterocycles. The molecule has 1 aliphatic heterocycles. The van der Waals surface area contributed by atoms with Crippen LogP contribution in [0.2, 0.25) is 5.02 Å². The zero-order valence-electron chi connectivity index (χ0n) is 12.0. The second-order valence-electron chi connectivity index (χ2n) is 4.79. The molecule has 3 N–H and O–H groups in total. The third-order valence-corrected chi connectivity index (χ3v) is 4.36. The van der Waals surface area contributed by atoms with Crippen LogP contribution in [0.5, 0.6) is 0 Å². The van der Waals surface area contributed by atoms with Crippen LogP contribution in [-0.4, -0.2) is 48.2 Å². The molecule has 2 amide bonds. The number of carbonyl (C=O) groups excluding carboxylic acids is 1. The number of carboxylic acid groups (broad SMARTS) is 1. The predicted octanol–water partition coefficient (Wildman–Crippen LogP) is 2.49. The van der Waals surface area contributed by atoms with Gasteiger partial charge in [0.15, 0.2) is 0 Å². The van der Waals surface area contributed by atoms with E-state index in [1.54, 1.807) is 12.1 Å². The van der Waals surface area contributed by atoms with Gasteiger partial charge in [0.05, 0.1) is 17.8 Å². The van der Waals surface area contributed by atoms with Gasteiger partial charge in [0.25, 0.3) is 0 Å². The van der Waals surface area contributed by atoms with Crippen molar-refractivity contribution in [3.63, 3.8) is 0 Å². The van der Waals surface area contributed by atoms with Gasteiger partial charge in [-0.05, 0) is 18.2 Å². The van der Waals surface area contributed by atoms with E-state index < -0.39 is 12.0 Å². The van der Waals surface area contributed by atoms with Crippen molar-refractivity contribution in [2.24, 2.45) is 0 Å². The predicted molar refractivity (Wildman–Crippen MR) is 90.3 cm³/mol. The van der Waals surface area contributed by atoms with Crippen molar-refractivity contribution >= 4 is 46.7 Å². The number of rotatable bonds is 5. The Morgan fingerprint density at radius 3 is 2.73 bits per heavy atom.